The Morgan fingerprint density at radius 1 is 1.44 bits per heavy atom. The molecule has 132 valence electrons. The zero-order chi connectivity index (χ0) is 18.0. The van der Waals surface area contributed by atoms with Gasteiger partial charge in [-0.25, -0.2) is 4.98 Å². The predicted octanol–water partition coefficient (Wildman–Crippen LogP) is 2.65. The molecule has 1 aliphatic rings. The number of rotatable bonds is 5. The number of amides is 2. The highest BCUT2D eigenvalue weighted by atomic mass is 79.9. The fourth-order valence-electron chi connectivity index (χ4n) is 3.12. The average molecular weight is 406 g/mol. The second kappa shape index (κ2) is 7.39. The fraction of sp³-hybridized carbons (Fsp3) is 0.389. The van der Waals surface area contributed by atoms with E-state index >= 15 is 0 Å². The zero-order valence-corrected chi connectivity index (χ0v) is 15.7. The van der Waals surface area contributed by atoms with Gasteiger partial charge in [0.05, 0.1) is 6.04 Å². The van der Waals surface area contributed by atoms with E-state index in [1.807, 2.05) is 6.07 Å². The fourth-order valence-corrected chi connectivity index (χ4v) is 3.55. The van der Waals surface area contributed by atoms with Crippen LogP contribution in [0.3, 0.4) is 0 Å². The number of hydrogen-bond acceptors (Lipinski definition) is 4. The minimum Gasteiger partial charge on any atom is -0.475 e. The number of hydrogen-bond donors (Lipinski definition) is 2. The summed E-state index contributed by atoms with van der Waals surface area (Å²) in [5.41, 5.74) is 0.571. The van der Waals surface area contributed by atoms with Gasteiger partial charge in [-0.1, -0.05) is 13.3 Å². The van der Waals surface area contributed by atoms with Gasteiger partial charge in [-0.3, -0.25) is 9.59 Å². The van der Waals surface area contributed by atoms with Gasteiger partial charge in [-0.05, 0) is 40.0 Å². The van der Waals surface area contributed by atoms with E-state index in [0.717, 1.165) is 21.7 Å². The number of pyridine rings is 1. The maximum Gasteiger partial charge on any atom is 0.251 e. The molecule has 2 amide bonds. The van der Waals surface area contributed by atoms with E-state index in [4.69, 9.17) is 4.74 Å². The van der Waals surface area contributed by atoms with E-state index in [9.17, 15) is 9.59 Å². The lowest BCUT2D eigenvalue weighted by Crippen LogP contribution is -2.34. The van der Waals surface area contributed by atoms with Crippen molar-refractivity contribution < 1.29 is 14.3 Å². The van der Waals surface area contributed by atoms with Crippen LogP contribution in [-0.2, 0) is 4.79 Å². The molecular formula is C18H20BrN3O3. The Morgan fingerprint density at radius 2 is 2.24 bits per heavy atom. The summed E-state index contributed by atoms with van der Waals surface area (Å²) in [6.45, 7) is 2.46. The summed E-state index contributed by atoms with van der Waals surface area (Å²) >= 11 is 3.48. The summed E-state index contributed by atoms with van der Waals surface area (Å²) in [7, 11) is 1.60. The van der Waals surface area contributed by atoms with Gasteiger partial charge in [0.2, 0.25) is 11.8 Å². The van der Waals surface area contributed by atoms with Crippen molar-refractivity contribution in [3.05, 3.63) is 34.4 Å². The summed E-state index contributed by atoms with van der Waals surface area (Å²) in [6, 6.07) is 5.38. The van der Waals surface area contributed by atoms with Crippen LogP contribution in [-0.4, -0.2) is 36.5 Å². The number of ether oxygens (including phenoxy) is 1. The lowest BCUT2D eigenvalue weighted by Gasteiger charge is -2.18. The highest BCUT2D eigenvalue weighted by molar-refractivity contribution is 9.10. The lowest BCUT2D eigenvalue weighted by atomic mass is 9.98. The number of carbonyl (C=O) groups excluding carboxylic acids is 2. The minimum atomic E-state index is -0.146. The molecule has 25 heavy (non-hydrogen) atoms. The SMILES string of the molecule is CC[C@@H]1CC(=O)NC1COc1ncc(Br)c2cc(C(=O)NC)ccc12. The quantitative estimate of drug-likeness (QED) is 0.800. The average Bonchev–Trinajstić information content (AvgIpc) is 3.00. The van der Waals surface area contributed by atoms with Crippen molar-refractivity contribution in [3.8, 4) is 5.88 Å². The molecule has 1 aromatic carbocycles. The Labute approximate surface area is 154 Å². The molecule has 2 heterocycles. The van der Waals surface area contributed by atoms with Gasteiger partial charge in [0.15, 0.2) is 0 Å². The van der Waals surface area contributed by atoms with E-state index in [2.05, 4.69) is 38.5 Å². The van der Waals surface area contributed by atoms with Crippen molar-refractivity contribution >= 4 is 38.5 Å². The van der Waals surface area contributed by atoms with Crippen LogP contribution in [0.15, 0.2) is 28.9 Å². The molecule has 2 aromatic rings. The lowest BCUT2D eigenvalue weighted by molar-refractivity contribution is -0.119. The van der Waals surface area contributed by atoms with E-state index < -0.39 is 0 Å². The van der Waals surface area contributed by atoms with Crippen molar-refractivity contribution in [3.63, 3.8) is 0 Å². The van der Waals surface area contributed by atoms with E-state index in [1.54, 1.807) is 25.4 Å². The Balaban J connectivity index is 1.86. The topological polar surface area (TPSA) is 80.3 Å². The molecule has 1 fully saturated rings. The van der Waals surface area contributed by atoms with Crippen LogP contribution in [0.25, 0.3) is 10.8 Å². The molecule has 2 N–H and O–H groups in total. The number of nitrogens with zero attached hydrogens (tertiary/aromatic N) is 1. The number of benzene rings is 1. The van der Waals surface area contributed by atoms with Crippen molar-refractivity contribution in [1.82, 2.24) is 15.6 Å². The molecular weight excluding hydrogens is 386 g/mol. The molecule has 7 heteroatoms. The first-order chi connectivity index (χ1) is 12.0. The van der Waals surface area contributed by atoms with Crippen molar-refractivity contribution in [2.75, 3.05) is 13.7 Å². The first-order valence-corrected chi connectivity index (χ1v) is 9.05. The molecule has 0 spiro atoms. The van der Waals surface area contributed by atoms with Gasteiger partial charge in [-0.2, -0.15) is 0 Å². The molecule has 0 aliphatic carbocycles. The number of carbonyl (C=O) groups is 2. The van der Waals surface area contributed by atoms with Crippen LogP contribution in [0.1, 0.15) is 30.1 Å². The summed E-state index contributed by atoms with van der Waals surface area (Å²) in [5, 5.41) is 7.25. The molecule has 0 bridgehead atoms. The molecule has 1 saturated heterocycles. The normalized spacial score (nSPS) is 19.7. The molecule has 2 atom stereocenters. The van der Waals surface area contributed by atoms with Crippen molar-refractivity contribution in [1.29, 1.82) is 0 Å². The van der Waals surface area contributed by atoms with Crippen molar-refractivity contribution in [2.45, 2.75) is 25.8 Å². The summed E-state index contributed by atoms with van der Waals surface area (Å²) < 4.78 is 6.71. The van der Waals surface area contributed by atoms with E-state index in [0.29, 0.717) is 24.5 Å². The summed E-state index contributed by atoms with van der Waals surface area (Å²) in [5.74, 6) is 0.712. The second-order valence-corrected chi connectivity index (χ2v) is 6.96. The first kappa shape index (κ1) is 17.7. The molecule has 1 aromatic heterocycles. The third-order valence-corrected chi connectivity index (χ3v) is 5.21. The Bertz CT molecular complexity index is 825. The second-order valence-electron chi connectivity index (χ2n) is 6.11. The van der Waals surface area contributed by atoms with E-state index in [-0.39, 0.29) is 23.8 Å². The summed E-state index contributed by atoms with van der Waals surface area (Å²) in [4.78, 5) is 27.8. The maximum absolute atomic E-state index is 11.8. The number of aromatic nitrogens is 1. The Hall–Kier alpha value is -2.15. The van der Waals surface area contributed by atoms with Crippen LogP contribution >= 0.6 is 15.9 Å². The summed E-state index contributed by atoms with van der Waals surface area (Å²) in [6.07, 6.45) is 3.14. The molecule has 6 nitrogen and oxygen atoms in total. The minimum absolute atomic E-state index is 0.00291. The third kappa shape index (κ3) is 3.61. The molecule has 3 rings (SSSR count). The van der Waals surface area contributed by atoms with E-state index in [1.165, 1.54) is 0 Å². The molecule has 1 unspecified atom stereocenters. The van der Waals surface area contributed by atoms with Gasteiger partial charge in [0.1, 0.15) is 6.61 Å². The van der Waals surface area contributed by atoms with Crippen molar-refractivity contribution in [2.24, 2.45) is 5.92 Å². The molecule has 1 aliphatic heterocycles. The van der Waals surface area contributed by atoms with Gasteiger partial charge in [0.25, 0.3) is 5.91 Å². The monoisotopic (exact) mass is 405 g/mol. The molecule has 0 saturated carbocycles. The standard InChI is InChI=1S/C18H20BrN3O3/c1-3-10-7-16(23)22-15(10)9-25-18-12-5-4-11(17(24)20-2)6-13(12)14(19)8-21-18/h4-6,8,10,15H,3,7,9H2,1-2H3,(H,20,24)(H,22,23)/t10-,15?/m1/s1. The van der Waals surface area contributed by atoms with Gasteiger partial charge in [0, 0.05) is 40.5 Å². The van der Waals surface area contributed by atoms with Crippen LogP contribution < -0.4 is 15.4 Å². The number of halogens is 1. The smallest absolute Gasteiger partial charge is 0.251 e. The van der Waals surface area contributed by atoms with Crippen LogP contribution in [0.5, 0.6) is 5.88 Å². The van der Waals surface area contributed by atoms with Crippen LogP contribution in [0.4, 0.5) is 0 Å². The Morgan fingerprint density at radius 3 is 2.96 bits per heavy atom. The largest absolute Gasteiger partial charge is 0.475 e. The Kier molecular flexibility index (Phi) is 5.22. The van der Waals surface area contributed by atoms with Gasteiger partial charge >= 0.3 is 0 Å². The van der Waals surface area contributed by atoms with Crippen LogP contribution in [0.2, 0.25) is 0 Å². The van der Waals surface area contributed by atoms with Gasteiger partial charge < -0.3 is 15.4 Å². The molecule has 0 radical (unpaired) electrons. The zero-order valence-electron chi connectivity index (χ0n) is 14.1. The number of fused-ring (bicyclic) bond motifs is 1. The third-order valence-electron chi connectivity index (χ3n) is 4.58. The number of nitrogens with one attached hydrogen (secondary N) is 2. The highest BCUT2D eigenvalue weighted by Gasteiger charge is 2.31. The predicted molar refractivity (Wildman–Crippen MR) is 98.7 cm³/mol. The first-order valence-electron chi connectivity index (χ1n) is 8.26. The highest BCUT2D eigenvalue weighted by Crippen LogP contribution is 2.31. The van der Waals surface area contributed by atoms with Gasteiger partial charge in [-0.15, -0.1) is 0 Å². The maximum atomic E-state index is 11.8. The van der Waals surface area contributed by atoms with Crippen LogP contribution in [0, 0.1) is 5.92 Å².